The second-order valence-electron chi connectivity index (χ2n) is 4.73. The second kappa shape index (κ2) is 7.49. The third-order valence-corrected chi connectivity index (χ3v) is 4.27. The van der Waals surface area contributed by atoms with Crippen LogP contribution in [0, 0.1) is 0 Å². The number of aromatic nitrogens is 3. The van der Waals surface area contributed by atoms with Crippen molar-refractivity contribution in [3.8, 4) is 0 Å². The second-order valence-corrected chi connectivity index (χ2v) is 5.80. The maximum atomic E-state index is 11.5. The molecule has 8 heteroatoms. The van der Waals surface area contributed by atoms with Gasteiger partial charge < -0.3 is 11.1 Å². The number of amides is 1. The first-order valence-electron chi connectivity index (χ1n) is 6.77. The van der Waals surface area contributed by atoms with Crippen LogP contribution in [0.5, 0.6) is 0 Å². The minimum atomic E-state index is -0.675. The Balaban J connectivity index is 2.48. The molecule has 20 heavy (non-hydrogen) atoms. The van der Waals surface area contributed by atoms with E-state index in [-0.39, 0.29) is 11.6 Å². The van der Waals surface area contributed by atoms with Crippen LogP contribution < -0.4 is 16.7 Å². The van der Waals surface area contributed by atoms with Crippen LogP contribution >= 0.6 is 11.8 Å². The van der Waals surface area contributed by atoms with Crippen LogP contribution in [-0.4, -0.2) is 38.5 Å². The van der Waals surface area contributed by atoms with Crippen molar-refractivity contribution < 1.29 is 4.79 Å². The third kappa shape index (κ3) is 4.11. The summed E-state index contributed by atoms with van der Waals surface area (Å²) in [6.45, 7) is 6.95. The zero-order valence-corrected chi connectivity index (χ0v) is 13.0. The molecule has 0 saturated heterocycles. The summed E-state index contributed by atoms with van der Waals surface area (Å²) in [6, 6.07) is 0. The third-order valence-electron chi connectivity index (χ3n) is 3.20. The summed E-state index contributed by atoms with van der Waals surface area (Å²) in [7, 11) is 0. The molecule has 0 radical (unpaired) electrons. The van der Waals surface area contributed by atoms with Gasteiger partial charge in [0.25, 0.3) is 0 Å². The Labute approximate surface area is 122 Å². The predicted octanol–water partition coefficient (Wildman–Crippen LogP) is 0.317. The van der Waals surface area contributed by atoms with E-state index >= 15 is 0 Å². The molecular weight excluding hydrogens is 278 g/mol. The molecule has 0 saturated carbocycles. The van der Waals surface area contributed by atoms with Crippen molar-refractivity contribution in [2.24, 2.45) is 5.73 Å². The average Bonchev–Trinajstić information content (AvgIpc) is 2.75. The molecule has 1 rings (SSSR count). The maximum absolute atomic E-state index is 11.5. The zero-order chi connectivity index (χ0) is 15.2. The van der Waals surface area contributed by atoms with Crippen molar-refractivity contribution in [3.05, 3.63) is 10.5 Å². The summed E-state index contributed by atoms with van der Waals surface area (Å²) < 4.78 is 1.59. The van der Waals surface area contributed by atoms with Crippen molar-refractivity contribution in [3.63, 3.8) is 0 Å². The Morgan fingerprint density at radius 2 is 2.25 bits per heavy atom. The molecule has 0 spiro atoms. The monoisotopic (exact) mass is 301 g/mol. The first-order valence-corrected chi connectivity index (χ1v) is 7.76. The molecule has 0 aliphatic carbocycles. The van der Waals surface area contributed by atoms with Crippen LogP contribution in [0.15, 0.2) is 9.95 Å². The summed E-state index contributed by atoms with van der Waals surface area (Å²) in [5, 5.41) is 10.2. The number of nitrogens with one attached hydrogen (secondary N) is 2. The summed E-state index contributed by atoms with van der Waals surface area (Å²) >= 11 is 1.50. The number of hydrogen-bond acceptors (Lipinski definition) is 5. The number of likely N-dealkylation sites (N-methyl/N-ethyl adjacent to an activating group) is 1. The Hall–Kier alpha value is -1.28. The summed E-state index contributed by atoms with van der Waals surface area (Å²) in [5.74, 6) is 0.438. The fraction of sp³-hybridized carbons (Fsp3) is 0.750. The van der Waals surface area contributed by atoms with Crippen molar-refractivity contribution in [2.45, 2.75) is 50.9 Å². The molecule has 0 bridgehead atoms. The fourth-order valence-electron chi connectivity index (χ4n) is 1.97. The van der Waals surface area contributed by atoms with E-state index < -0.39 is 5.54 Å². The summed E-state index contributed by atoms with van der Waals surface area (Å²) in [4.78, 5) is 22.9. The number of H-pyrrole nitrogens is 1. The lowest BCUT2D eigenvalue weighted by Crippen LogP contribution is -2.53. The van der Waals surface area contributed by atoms with E-state index in [4.69, 9.17) is 5.73 Å². The van der Waals surface area contributed by atoms with E-state index in [2.05, 4.69) is 15.5 Å². The molecule has 1 atom stereocenters. The van der Waals surface area contributed by atoms with Gasteiger partial charge in [-0.3, -0.25) is 9.36 Å². The van der Waals surface area contributed by atoms with Gasteiger partial charge in [0.15, 0.2) is 5.16 Å². The number of nitrogens with two attached hydrogens (primary N) is 1. The maximum Gasteiger partial charge on any atom is 0.343 e. The highest BCUT2D eigenvalue weighted by Crippen LogP contribution is 2.19. The minimum Gasteiger partial charge on any atom is -0.368 e. The van der Waals surface area contributed by atoms with Crippen molar-refractivity contribution in [1.82, 2.24) is 20.1 Å². The highest BCUT2D eigenvalue weighted by molar-refractivity contribution is 7.99. The van der Waals surface area contributed by atoms with Gasteiger partial charge in [0.05, 0.1) is 5.54 Å². The lowest BCUT2D eigenvalue weighted by molar-refractivity contribution is -0.124. The average molecular weight is 301 g/mol. The van der Waals surface area contributed by atoms with E-state index in [1.807, 2.05) is 20.8 Å². The molecule has 1 aromatic rings. The van der Waals surface area contributed by atoms with E-state index in [1.54, 1.807) is 4.57 Å². The predicted molar refractivity (Wildman–Crippen MR) is 79.8 cm³/mol. The molecule has 4 N–H and O–H groups in total. The minimum absolute atomic E-state index is 0.190. The molecule has 7 nitrogen and oxygen atoms in total. The number of carbonyl (C=O) groups excluding carboxylic acids is 1. The molecule has 0 aliphatic rings. The largest absolute Gasteiger partial charge is 0.368 e. The van der Waals surface area contributed by atoms with E-state index in [1.165, 1.54) is 11.8 Å². The molecule has 114 valence electrons. The van der Waals surface area contributed by atoms with Crippen LogP contribution in [0.25, 0.3) is 0 Å². The highest BCUT2D eigenvalue weighted by atomic mass is 32.2. The van der Waals surface area contributed by atoms with Crippen LogP contribution in [-0.2, 0) is 11.3 Å². The smallest absolute Gasteiger partial charge is 0.343 e. The van der Waals surface area contributed by atoms with Crippen LogP contribution in [0.3, 0.4) is 0 Å². The Kier molecular flexibility index (Phi) is 6.28. The van der Waals surface area contributed by atoms with Crippen molar-refractivity contribution >= 4 is 17.7 Å². The molecular formula is C12H23N5O2S. The van der Waals surface area contributed by atoms with Gasteiger partial charge in [0, 0.05) is 12.3 Å². The van der Waals surface area contributed by atoms with E-state index in [0.717, 1.165) is 12.2 Å². The number of thioether (sulfide) groups is 1. The number of carbonyl (C=O) groups is 1. The van der Waals surface area contributed by atoms with E-state index in [9.17, 15) is 9.59 Å². The summed E-state index contributed by atoms with van der Waals surface area (Å²) in [5.41, 5.74) is 4.56. The SMILES string of the molecule is CCNC(C)(CCCSc1n[nH]c(=O)n1CC)C(N)=O. The fourth-order valence-corrected chi connectivity index (χ4v) is 2.92. The van der Waals surface area contributed by atoms with Gasteiger partial charge in [0.2, 0.25) is 5.91 Å². The lowest BCUT2D eigenvalue weighted by Gasteiger charge is -2.26. The first kappa shape index (κ1) is 16.8. The van der Waals surface area contributed by atoms with Gasteiger partial charge in [-0.25, -0.2) is 9.89 Å². The van der Waals surface area contributed by atoms with E-state index in [0.29, 0.717) is 24.7 Å². The standard InChI is InChI=1S/C12H23N5O2S/c1-4-14-12(3,9(13)18)7-6-8-20-11-16-15-10(19)17(11)5-2/h14H,4-8H2,1-3H3,(H2,13,18)(H,15,19). The molecule has 1 aromatic heterocycles. The van der Waals surface area contributed by atoms with Crippen LogP contribution in [0.4, 0.5) is 0 Å². The molecule has 0 fully saturated rings. The van der Waals surface area contributed by atoms with Gasteiger partial charge in [-0.2, -0.15) is 0 Å². The topological polar surface area (TPSA) is 106 Å². The lowest BCUT2D eigenvalue weighted by atomic mass is 9.95. The number of rotatable bonds is 9. The van der Waals surface area contributed by atoms with Gasteiger partial charge in [-0.05, 0) is 33.2 Å². The van der Waals surface area contributed by atoms with Crippen LogP contribution in [0.2, 0.25) is 0 Å². The van der Waals surface area contributed by atoms with Crippen molar-refractivity contribution in [1.29, 1.82) is 0 Å². The molecule has 1 amide bonds. The highest BCUT2D eigenvalue weighted by Gasteiger charge is 2.29. The van der Waals surface area contributed by atoms with Crippen molar-refractivity contribution in [2.75, 3.05) is 12.3 Å². The Bertz CT molecular complexity index is 498. The molecule has 1 heterocycles. The molecule has 0 aromatic carbocycles. The van der Waals surface area contributed by atoms with Gasteiger partial charge in [-0.1, -0.05) is 18.7 Å². The number of hydrogen-bond donors (Lipinski definition) is 3. The quantitative estimate of drug-likeness (QED) is 0.450. The van der Waals surface area contributed by atoms with Gasteiger partial charge in [0.1, 0.15) is 0 Å². The molecule has 0 aliphatic heterocycles. The zero-order valence-electron chi connectivity index (χ0n) is 12.2. The van der Waals surface area contributed by atoms with Gasteiger partial charge in [-0.15, -0.1) is 5.10 Å². The number of nitrogens with zero attached hydrogens (tertiary/aromatic N) is 2. The van der Waals surface area contributed by atoms with Gasteiger partial charge >= 0.3 is 5.69 Å². The Morgan fingerprint density at radius 3 is 2.80 bits per heavy atom. The number of primary amides is 1. The van der Waals surface area contributed by atoms with Crippen LogP contribution in [0.1, 0.15) is 33.6 Å². The Morgan fingerprint density at radius 1 is 1.55 bits per heavy atom. The summed E-state index contributed by atoms with van der Waals surface area (Å²) in [6.07, 6.45) is 1.46. The normalized spacial score (nSPS) is 14.2. The first-order chi connectivity index (χ1) is 9.44. The molecule has 1 unspecified atom stereocenters. The number of aromatic amines is 1.